The van der Waals surface area contributed by atoms with Crippen LogP contribution in [0.15, 0.2) is 29.2 Å². The van der Waals surface area contributed by atoms with Crippen LogP contribution in [-0.2, 0) is 6.42 Å². The van der Waals surface area contributed by atoms with Crippen molar-refractivity contribution in [3.8, 4) is 5.69 Å². The van der Waals surface area contributed by atoms with Gasteiger partial charge in [0.05, 0.1) is 5.69 Å². The van der Waals surface area contributed by atoms with Crippen molar-refractivity contribution in [1.82, 2.24) is 20.2 Å². The van der Waals surface area contributed by atoms with E-state index in [9.17, 15) is 0 Å². The monoisotopic (exact) mass is 218 g/mol. The van der Waals surface area contributed by atoms with Gasteiger partial charge in [0.2, 0.25) is 0 Å². The molecule has 1 aliphatic rings. The first kappa shape index (κ1) is 8.91. The Balaban J connectivity index is 2.21. The molecule has 0 bridgehead atoms. The van der Waals surface area contributed by atoms with E-state index >= 15 is 0 Å². The molecule has 0 amide bonds. The lowest BCUT2D eigenvalue weighted by Crippen LogP contribution is -2.07. The number of tetrazole rings is 1. The van der Waals surface area contributed by atoms with Crippen LogP contribution in [0.1, 0.15) is 12.2 Å². The summed E-state index contributed by atoms with van der Waals surface area (Å²) in [5, 5.41) is 11.8. The maximum absolute atomic E-state index is 4.05. The van der Waals surface area contributed by atoms with Crippen LogP contribution in [0.5, 0.6) is 0 Å². The van der Waals surface area contributed by atoms with Crippen LogP contribution in [-0.4, -0.2) is 26.0 Å². The molecule has 2 heterocycles. The average molecular weight is 218 g/mol. The lowest BCUT2D eigenvalue weighted by atomic mass is 10.3. The molecular formula is C10H10N4S. The highest BCUT2D eigenvalue weighted by Crippen LogP contribution is 2.28. The predicted octanol–water partition coefficient (Wildman–Crippen LogP) is 1.70. The van der Waals surface area contributed by atoms with Crippen LogP contribution in [0.3, 0.4) is 0 Å². The minimum atomic E-state index is 0.953. The van der Waals surface area contributed by atoms with Crippen LogP contribution < -0.4 is 0 Å². The van der Waals surface area contributed by atoms with Crippen molar-refractivity contribution < 1.29 is 0 Å². The SMILES string of the molecule is c1ccc2c(c1)SCCCc1nnnn1-2. The second-order valence-electron chi connectivity index (χ2n) is 3.43. The minimum absolute atomic E-state index is 0.953. The molecule has 3 rings (SSSR count). The average Bonchev–Trinajstić information content (AvgIpc) is 2.69. The zero-order valence-electron chi connectivity index (χ0n) is 8.13. The molecule has 1 aliphatic heterocycles. The smallest absolute Gasteiger partial charge is 0.156 e. The van der Waals surface area contributed by atoms with E-state index in [0.29, 0.717) is 0 Å². The van der Waals surface area contributed by atoms with Crippen LogP contribution in [0.25, 0.3) is 5.69 Å². The van der Waals surface area contributed by atoms with Crippen LogP contribution in [0.4, 0.5) is 0 Å². The van der Waals surface area contributed by atoms with Gasteiger partial charge in [-0.1, -0.05) is 12.1 Å². The zero-order chi connectivity index (χ0) is 10.1. The molecule has 0 fully saturated rings. The number of hydrogen-bond acceptors (Lipinski definition) is 4. The maximum Gasteiger partial charge on any atom is 0.156 e. The summed E-state index contributed by atoms with van der Waals surface area (Å²) in [5.41, 5.74) is 1.10. The summed E-state index contributed by atoms with van der Waals surface area (Å²) in [4.78, 5) is 1.26. The summed E-state index contributed by atoms with van der Waals surface area (Å²) in [7, 11) is 0. The lowest BCUT2D eigenvalue weighted by molar-refractivity contribution is 0.732. The first-order valence-corrected chi connectivity index (χ1v) is 5.93. The number of para-hydroxylation sites is 1. The standard InChI is InChI=1S/C10H10N4S/c1-2-5-9-8(4-1)14-10(11-12-13-14)6-3-7-15-9/h1-2,4-5H,3,6-7H2. The van der Waals surface area contributed by atoms with E-state index in [2.05, 4.69) is 33.7 Å². The van der Waals surface area contributed by atoms with Crippen molar-refractivity contribution in [3.63, 3.8) is 0 Å². The van der Waals surface area contributed by atoms with Gasteiger partial charge >= 0.3 is 0 Å². The van der Waals surface area contributed by atoms with E-state index in [1.807, 2.05) is 22.5 Å². The molecule has 0 saturated heterocycles. The zero-order valence-corrected chi connectivity index (χ0v) is 8.94. The van der Waals surface area contributed by atoms with E-state index in [-0.39, 0.29) is 0 Å². The van der Waals surface area contributed by atoms with Crippen molar-refractivity contribution in [2.45, 2.75) is 17.7 Å². The van der Waals surface area contributed by atoms with Crippen molar-refractivity contribution in [2.75, 3.05) is 5.75 Å². The molecule has 2 aromatic rings. The topological polar surface area (TPSA) is 43.6 Å². The molecule has 0 saturated carbocycles. The number of rotatable bonds is 0. The lowest BCUT2D eigenvalue weighted by Gasteiger charge is -2.12. The van der Waals surface area contributed by atoms with Gasteiger partial charge in [0.15, 0.2) is 5.82 Å². The maximum atomic E-state index is 4.05. The van der Waals surface area contributed by atoms with Gasteiger partial charge in [-0.15, -0.1) is 16.9 Å². The summed E-state index contributed by atoms with van der Waals surface area (Å²) in [6, 6.07) is 8.26. The highest BCUT2D eigenvalue weighted by molar-refractivity contribution is 7.99. The van der Waals surface area contributed by atoms with Crippen molar-refractivity contribution in [3.05, 3.63) is 30.1 Å². The molecule has 5 heteroatoms. The number of thioether (sulfide) groups is 1. The summed E-state index contributed by atoms with van der Waals surface area (Å²) >= 11 is 1.87. The molecule has 0 N–H and O–H groups in total. The van der Waals surface area contributed by atoms with Crippen molar-refractivity contribution in [2.24, 2.45) is 0 Å². The van der Waals surface area contributed by atoms with Gasteiger partial charge in [-0.25, -0.2) is 0 Å². The Bertz CT molecular complexity index is 480. The molecule has 15 heavy (non-hydrogen) atoms. The summed E-state index contributed by atoms with van der Waals surface area (Å²) in [6.07, 6.45) is 2.08. The van der Waals surface area contributed by atoms with Gasteiger partial charge in [-0.05, 0) is 34.7 Å². The van der Waals surface area contributed by atoms with E-state index < -0.39 is 0 Å². The van der Waals surface area contributed by atoms with Crippen LogP contribution >= 0.6 is 11.8 Å². The second-order valence-corrected chi connectivity index (χ2v) is 4.56. The van der Waals surface area contributed by atoms with Crippen molar-refractivity contribution >= 4 is 11.8 Å². The number of fused-ring (bicyclic) bond motifs is 3. The minimum Gasteiger partial charge on any atom is -0.196 e. The third kappa shape index (κ3) is 1.52. The number of hydrogen-bond donors (Lipinski definition) is 0. The largest absolute Gasteiger partial charge is 0.196 e. The first-order valence-electron chi connectivity index (χ1n) is 4.94. The Morgan fingerprint density at radius 1 is 1.27 bits per heavy atom. The number of benzene rings is 1. The Hall–Kier alpha value is -1.36. The highest BCUT2D eigenvalue weighted by Gasteiger charge is 2.14. The van der Waals surface area contributed by atoms with Gasteiger partial charge in [0.1, 0.15) is 0 Å². The normalized spacial score (nSPS) is 14.9. The van der Waals surface area contributed by atoms with Gasteiger partial charge in [0, 0.05) is 11.3 Å². The third-order valence-corrected chi connectivity index (χ3v) is 3.58. The fourth-order valence-corrected chi connectivity index (χ4v) is 2.70. The molecule has 4 nitrogen and oxygen atoms in total. The number of nitrogens with zero attached hydrogens (tertiary/aromatic N) is 4. The van der Waals surface area contributed by atoms with E-state index in [1.54, 1.807) is 0 Å². The van der Waals surface area contributed by atoms with Crippen molar-refractivity contribution in [1.29, 1.82) is 0 Å². The number of aryl methyl sites for hydroxylation is 1. The molecule has 1 aromatic carbocycles. The molecule has 76 valence electrons. The molecular weight excluding hydrogens is 208 g/mol. The van der Waals surface area contributed by atoms with Crippen LogP contribution in [0.2, 0.25) is 0 Å². The van der Waals surface area contributed by atoms with E-state index in [0.717, 1.165) is 30.1 Å². The summed E-state index contributed by atoms with van der Waals surface area (Å²) in [5.74, 6) is 2.09. The first-order chi connectivity index (χ1) is 7.45. The fourth-order valence-electron chi connectivity index (χ4n) is 1.72. The molecule has 0 radical (unpaired) electrons. The fraction of sp³-hybridized carbons (Fsp3) is 0.300. The predicted molar refractivity (Wildman–Crippen MR) is 58.2 cm³/mol. The summed E-state index contributed by atoms with van der Waals surface area (Å²) in [6.45, 7) is 0. The Kier molecular flexibility index (Phi) is 2.17. The molecule has 0 atom stereocenters. The molecule has 1 aromatic heterocycles. The number of aromatic nitrogens is 4. The third-order valence-electron chi connectivity index (χ3n) is 2.43. The molecule has 0 unspecified atom stereocenters. The van der Waals surface area contributed by atoms with Gasteiger partial charge in [0.25, 0.3) is 0 Å². The van der Waals surface area contributed by atoms with E-state index in [4.69, 9.17) is 0 Å². The Morgan fingerprint density at radius 3 is 3.20 bits per heavy atom. The van der Waals surface area contributed by atoms with Gasteiger partial charge < -0.3 is 0 Å². The quantitative estimate of drug-likeness (QED) is 0.675. The van der Waals surface area contributed by atoms with Gasteiger partial charge in [-0.3, -0.25) is 0 Å². The van der Waals surface area contributed by atoms with Crippen LogP contribution in [0, 0.1) is 0 Å². The Morgan fingerprint density at radius 2 is 2.20 bits per heavy atom. The molecule has 0 spiro atoms. The molecule has 0 aliphatic carbocycles. The Labute approximate surface area is 91.7 Å². The summed E-state index contributed by atoms with van der Waals surface area (Å²) < 4.78 is 1.85. The second kappa shape index (κ2) is 3.66. The van der Waals surface area contributed by atoms with E-state index in [1.165, 1.54) is 4.90 Å². The van der Waals surface area contributed by atoms with Gasteiger partial charge in [-0.2, -0.15) is 4.68 Å². The highest BCUT2D eigenvalue weighted by atomic mass is 32.2.